The summed E-state index contributed by atoms with van der Waals surface area (Å²) in [5.41, 5.74) is 11.8. The largest absolute Gasteiger partial charge is 0.573 e. The number of hydrogen-bond donors (Lipinski definition) is 3. The molecule has 9 heteroatoms. The molecule has 2 aromatic rings. The van der Waals surface area contributed by atoms with E-state index in [1.165, 1.54) is 6.07 Å². The number of carbonyl (C=O) groups is 2. The second-order valence-corrected chi connectivity index (χ2v) is 6.95. The molecule has 0 spiro atoms. The number of aliphatic hydroxyl groups is 1. The molecule has 162 valence electrons. The van der Waals surface area contributed by atoms with Gasteiger partial charge in [0, 0.05) is 11.5 Å². The Labute approximate surface area is 171 Å². The summed E-state index contributed by atoms with van der Waals surface area (Å²) in [7, 11) is 0. The average molecular weight is 424 g/mol. The summed E-state index contributed by atoms with van der Waals surface area (Å²) in [5.74, 6) is -3.09. The maximum Gasteiger partial charge on any atom is 0.573 e. The molecule has 0 radical (unpaired) electrons. The van der Waals surface area contributed by atoms with Gasteiger partial charge in [-0.05, 0) is 48.9 Å². The van der Waals surface area contributed by atoms with Crippen LogP contribution in [0.2, 0.25) is 0 Å². The molecule has 2 rings (SSSR count). The third-order valence-corrected chi connectivity index (χ3v) is 4.61. The Balaban J connectivity index is 2.09. The molecule has 2 atom stereocenters. The molecule has 0 saturated carbocycles. The van der Waals surface area contributed by atoms with Crippen LogP contribution in [0.5, 0.6) is 5.75 Å². The first-order valence-electron chi connectivity index (χ1n) is 9.25. The van der Waals surface area contributed by atoms with Crippen LogP contribution in [0.15, 0.2) is 48.5 Å². The van der Waals surface area contributed by atoms with Gasteiger partial charge in [0.1, 0.15) is 5.75 Å². The number of aliphatic hydroxyl groups excluding tert-OH is 1. The Hall–Kier alpha value is -3.07. The minimum absolute atomic E-state index is 0.0428. The van der Waals surface area contributed by atoms with E-state index in [1.54, 1.807) is 0 Å². The lowest BCUT2D eigenvalue weighted by molar-refractivity contribution is -0.274. The standard InChI is InChI=1S/C21H23F3N2O4/c22-21(23,24)30-17-9-7-14(18(12-17)20(26)29)10-15(19(25)28)11-16(27)8-6-13-4-2-1-3-5-13/h1-5,7,9,12,15-16,27H,6,8,10-11H2,(H2,25,28)(H2,26,29)/t15-,16+/m1/s1. The van der Waals surface area contributed by atoms with Gasteiger partial charge in [0.15, 0.2) is 0 Å². The van der Waals surface area contributed by atoms with Crippen molar-refractivity contribution in [2.45, 2.75) is 38.1 Å². The third-order valence-electron chi connectivity index (χ3n) is 4.61. The minimum atomic E-state index is -4.92. The smallest absolute Gasteiger partial charge is 0.406 e. The topological polar surface area (TPSA) is 116 Å². The van der Waals surface area contributed by atoms with E-state index < -0.39 is 35.9 Å². The van der Waals surface area contributed by atoms with Gasteiger partial charge in [-0.3, -0.25) is 9.59 Å². The highest BCUT2D eigenvalue weighted by atomic mass is 19.4. The van der Waals surface area contributed by atoms with Crippen molar-refractivity contribution in [2.24, 2.45) is 17.4 Å². The molecule has 0 aliphatic rings. The van der Waals surface area contributed by atoms with E-state index in [0.717, 1.165) is 17.7 Å². The fraction of sp³-hybridized carbons (Fsp3) is 0.333. The molecule has 6 nitrogen and oxygen atoms in total. The lowest BCUT2D eigenvalue weighted by atomic mass is 9.89. The summed E-state index contributed by atoms with van der Waals surface area (Å²) in [6.45, 7) is 0. The number of amides is 2. The summed E-state index contributed by atoms with van der Waals surface area (Å²) in [5, 5.41) is 10.3. The first-order valence-corrected chi connectivity index (χ1v) is 9.25. The van der Waals surface area contributed by atoms with Crippen LogP contribution in [0, 0.1) is 5.92 Å². The molecule has 0 unspecified atom stereocenters. The molecule has 0 saturated heterocycles. The molecule has 30 heavy (non-hydrogen) atoms. The van der Waals surface area contributed by atoms with E-state index in [-0.39, 0.29) is 24.0 Å². The zero-order valence-electron chi connectivity index (χ0n) is 16.1. The normalized spacial score (nSPS) is 13.5. The van der Waals surface area contributed by atoms with Gasteiger partial charge in [0.2, 0.25) is 11.8 Å². The molecule has 2 aromatic carbocycles. The van der Waals surface area contributed by atoms with Crippen LogP contribution < -0.4 is 16.2 Å². The first-order chi connectivity index (χ1) is 14.0. The lowest BCUT2D eigenvalue weighted by Crippen LogP contribution is -2.30. The maximum absolute atomic E-state index is 12.4. The quantitative estimate of drug-likeness (QED) is 0.544. The molecule has 0 heterocycles. The second kappa shape index (κ2) is 10.1. The van der Waals surface area contributed by atoms with E-state index in [4.69, 9.17) is 11.5 Å². The molecular formula is C21H23F3N2O4. The number of benzene rings is 2. The van der Waals surface area contributed by atoms with Gasteiger partial charge in [0.05, 0.1) is 6.10 Å². The molecule has 0 aliphatic heterocycles. The van der Waals surface area contributed by atoms with Crippen LogP contribution in [-0.2, 0) is 17.6 Å². The van der Waals surface area contributed by atoms with Gasteiger partial charge in [-0.25, -0.2) is 0 Å². The number of primary amides is 2. The van der Waals surface area contributed by atoms with E-state index in [1.807, 2.05) is 30.3 Å². The summed E-state index contributed by atoms with van der Waals surface area (Å²) in [6, 6.07) is 12.6. The fourth-order valence-corrected chi connectivity index (χ4v) is 3.15. The minimum Gasteiger partial charge on any atom is -0.406 e. The Morgan fingerprint density at radius 3 is 2.30 bits per heavy atom. The van der Waals surface area contributed by atoms with Crippen LogP contribution in [0.25, 0.3) is 0 Å². The molecule has 0 aromatic heterocycles. The summed E-state index contributed by atoms with van der Waals surface area (Å²) < 4.78 is 41.0. The number of rotatable bonds is 10. The van der Waals surface area contributed by atoms with E-state index in [0.29, 0.717) is 12.8 Å². The van der Waals surface area contributed by atoms with Crippen molar-refractivity contribution in [3.8, 4) is 5.75 Å². The lowest BCUT2D eigenvalue weighted by Gasteiger charge is -2.19. The Kier molecular flexibility index (Phi) is 7.82. The molecule has 0 bridgehead atoms. The van der Waals surface area contributed by atoms with Gasteiger partial charge in [0.25, 0.3) is 0 Å². The van der Waals surface area contributed by atoms with Crippen LogP contribution in [-0.4, -0.2) is 29.4 Å². The molecule has 2 amide bonds. The predicted octanol–water partition coefficient (Wildman–Crippen LogP) is 2.71. The van der Waals surface area contributed by atoms with Gasteiger partial charge in [-0.15, -0.1) is 13.2 Å². The number of nitrogens with two attached hydrogens (primary N) is 2. The van der Waals surface area contributed by atoms with Crippen molar-refractivity contribution in [1.82, 2.24) is 0 Å². The maximum atomic E-state index is 12.4. The molecule has 0 aliphatic carbocycles. The van der Waals surface area contributed by atoms with Gasteiger partial charge in [-0.1, -0.05) is 36.4 Å². The highest BCUT2D eigenvalue weighted by molar-refractivity contribution is 5.95. The summed E-state index contributed by atoms with van der Waals surface area (Å²) in [4.78, 5) is 23.6. The van der Waals surface area contributed by atoms with Crippen molar-refractivity contribution in [2.75, 3.05) is 0 Å². The van der Waals surface area contributed by atoms with Crippen molar-refractivity contribution in [3.05, 3.63) is 65.2 Å². The highest BCUT2D eigenvalue weighted by Gasteiger charge is 2.31. The van der Waals surface area contributed by atoms with Crippen LogP contribution >= 0.6 is 0 Å². The number of carbonyl (C=O) groups excluding carboxylic acids is 2. The van der Waals surface area contributed by atoms with Crippen LogP contribution in [0.4, 0.5) is 13.2 Å². The Bertz CT molecular complexity index is 872. The predicted molar refractivity (Wildman–Crippen MR) is 103 cm³/mol. The number of hydrogen-bond acceptors (Lipinski definition) is 4. The number of halogens is 3. The van der Waals surface area contributed by atoms with E-state index >= 15 is 0 Å². The SMILES string of the molecule is NC(=O)c1cc(OC(F)(F)F)ccc1C[C@H](C[C@@H](O)CCc1ccccc1)C(N)=O. The second-order valence-electron chi connectivity index (χ2n) is 6.95. The van der Waals surface area contributed by atoms with Crippen LogP contribution in [0.1, 0.15) is 34.3 Å². The summed E-state index contributed by atoms with van der Waals surface area (Å²) in [6.07, 6.45) is -4.76. The van der Waals surface area contributed by atoms with E-state index in [2.05, 4.69) is 4.74 Å². The van der Waals surface area contributed by atoms with Gasteiger partial charge in [-0.2, -0.15) is 0 Å². The number of alkyl halides is 3. The molecule has 0 fully saturated rings. The molecular weight excluding hydrogens is 401 g/mol. The van der Waals surface area contributed by atoms with Crippen molar-refractivity contribution >= 4 is 11.8 Å². The Morgan fingerprint density at radius 2 is 1.73 bits per heavy atom. The van der Waals surface area contributed by atoms with E-state index in [9.17, 15) is 27.9 Å². The van der Waals surface area contributed by atoms with Crippen molar-refractivity contribution < 1.29 is 32.6 Å². The number of aryl methyl sites for hydroxylation is 1. The zero-order valence-corrected chi connectivity index (χ0v) is 16.1. The zero-order chi connectivity index (χ0) is 22.3. The van der Waals surface area contributed by atoms with Crippen molar-refractivity contribution in [1.29, 1.82) is 0 Å². The Morgan fingerprint density at radius 1 is 1.07 bits per heavy atom. The van der Waals surface area contributed by atoms with Gasteiger partial charge < -0.3 is 21.3 Å². The number of ether oxygens (including phenoxy) is 1. The summed E-state index contributed by atoms with van der Waals surface area (Å²) >= 11 is 0. The monoisotopic (exact) mass is 424 g/mol. The fourth-order valence-electron chi connectivity index (χ4n) is 3.15. The third kappa shape index (κ3) is 7.40. The average Bonchev–Trinajstić information content (AvgIpc) is 2.66. The molecule has 5 N–H and O–H groups in total. The van der Waals surface area contributed by atoms with Crippen molar-refractivity contribution in [3.63, 3.8) is 0 Å². The van der Waals surface area contributed by atoms with Crippen LogP contribution in [0.3, 0.4) is 0 Å². The van der Waals surface area contributed by atoms with Gasteiger partial charge >= 0.3 is 6.36 Å². The first kappa shape index (κ1) is 23.2. The highest BCUT2D eigenvalue weighted by Crippen LogP contribution is 2.27.